The Morgan fingerprint density at radius 2 is 2.22 bits per heavy atom. The van der Waals surface area contributed by atoms with Crippen LogP contribution in [0.1, 0.15) is 6.23 Å². The summed E-state index contributed by atoms with van der Waals surface area (Å²) in [4.78, 5) is 12.5. The van der Waals surface area contributed by atoms with Gasteiger partial charge in [-0.2, -0.15) is 11.8 Å². The molecule has 1 aliphatic rings. The molecule has 0 aliphatic carbocycles. The summed E-state index contributed by atoms with van der Waals surface area (Å²) in [5, 5.41) is 20.5. The molecular weight excluding hydrogens is 433 g/mol. The molecule has 124 valence electrons. The van der Waals surface area contributed by atoms with Crippen LogP contribution < -0.4 is 5.73 Å². The highest BCUT2D eigenvalue weighted by molar-refractivity contribution is 14.1. The van der Waals surface area contributed by atoms with Crippen molar-refractivity contribution in [2.45, 2.75) is 24.5 Å². The van der Waals surface area contributed by atoms with Crippen molar-refractivity contribution in [3.05, 3.63) is 22.8 Å². The number of halogens is 1. The van der Waals surface area contributed by atoms with Crippen LogP contribution in [-0.4, -0.2) is 59.5 Å². The zero-order valence-electron chi connectivity index (χ0n) is 12.0. The van der Waals surface area contributed by atoms with Crippen LogP contribution in [0.4, 0.5) is 5.82 Å². The Bertz CT molecular complexity index is 727. The van der Waals surface area contributed by atoms with E-state index < -0.39 is 24.5 Å². The van der Waals surface area contributed by atoms with Gasteiger partial charge < -0.3 is 20.7 Å². The number of thioether (sulfide) groups is 1. The lowest BCUT2D eigenvalue weighted by Gasteiger charge is -2.16. The Morgan fingerprint density at radius 3 is 2.96 bits per heavy atom. The van der Waals surface area contributed by atoms with E-state index in [2.05, 4.69) is 21.5 Å². The molecule has 2 aromatic rings. The lowest BCUT2D eigenvalue weighted by atomic mass is 10.1. The van der Waals surface area contributed by atoms with Crippen molar-refractivity contribution < 1.29 is 14.9 Å². The molecule has 0 spiro atoms. The SMILES string of the molecule is C=CCSC[C@H]1O[C@@H](n2cnc3c(N)nc(I)nc32)C(O)C1O. The monoisotopic (exact) mass is 449 g/mol. The van der Waals surface area contributed by atoms with Crippen LogP contribution in [-0.2, 0) is 4.74 Å². The van der Waals surface area contributed by atoms with Crippen molar-refractivity contribution in [3.63, 3.8) is 0 Å². The highest BCUT2D eigenvalue weighted by Gasteiger charge is 2.44. The molecule has 8 nitrogen and oxygen atoms in total. The van der Waals surface area contributed by atoms with Crippen molar-refractivity contribution in [1.29, 1.82) is 0 Å². The molecule has 3 heterocycles. The molecule has 3 rings (SSSR count). The number of rotatable bonds is 5. The van der Waals surface area contributed by atoms with E-state index in [1.54, 1.807) is 22.4 Å². The standard InChI is InChI=1S/C13H16IN5O3S/c1-2-3-23-4-6-8(20)9(21)12(22-6)19-5-16-7-10(15)17-13(14)18-11(7)19/h2,5-6,8-9,12,20-21H,1,3-4H2,(H2,15,17,18)/t6-,8?,9?,12-/m1/s1. The van der Waals surface area contributed by atoms with Gasteiger partial charge in [0.05, 0.1) is 12.4 Å². The second-order valence-corrected chi connectivity index (χ2v) is 7.11. The quantitative estimate of drug-likeness (QED) is 0.262. The van der Waals surface area contributed by atoms with Gasteiger partial charge in [0, 0.05) is 34.1 Å². The lowest BCUT2D eigenvalue weighted by Crippen LogP contribution is -2.32. The van der Waals surface area contributed by atoms with Gasteiger partial charge in [0.25, 0.3) is 0 Å². The van der Waals surface area contributed by atoms with E-state index in [4.69, 9.17) is 10.5 Å². The first kappa shape index (κ1) is 16.9. The van der Waals surface area contributed by atoms with E-state index in [0.29, 0.717) is 20.7 Å². The average molecular weight is 449 g/mol. The van der Waals surface area contributed by atoms with Gasteiger partial charge in [-0.3, -0.25) is 4.57 Å². The minimum absolute atomic E-state index is 0.268. The second-order valence-electron chi connectivity index (χ2n) is 5.07. The second kappa shape index (κ2) is 6.89. The van der Waals surface area contributed by atoms with Crippen LogP contribution in [0.15, 0.2) is 19.0 Å². The minimum atomic E-state index is -1.07. The van der Waals surface area contributed by atoms with E-state index in [-0.39, 0.29) is 5.82 Å². The van der Waals surface area contributed by atoms with Gasteiger partial charge in [-0.1, -0.05) is 6.08 Å². The summed E-state index contributed by atoms with van der Waals surface area (Å²) in [5.41, 5.74) is 6.76. The van der Waals surface area contributed by atoms with Gasteiger partial charge in [-0.25, -0.2) is 15.0 Å². The molecule has 4 N–H and O–H groups in total. The number of nitrogen functional groups attached to an aromatic ring is 1. The Balaban J connectivity index is 1.88. The molecule has 0 aromatic carbocycles. The van der Waals surface area contributed by atoms with Crippen molar-refractivity contribution in [1.82, 2.24) is 19.5 Å². The number of aromatic nitrogens is 4. The van der Waals surface area contributed by atoms with Crippen LogP contribution in [0.3, 0.4) is 0 Å². The summed E-state index contributed by atoms with van der Waals surface area (Å²) in [6.45, 7) is 3.65. The maximum Gasteiger partial charge on any atom is 0.194 e. The summed E-state index contributed by atoms with van der Waals surface area (Å²) in [5.74, 6) is 1.58. The number of nitrogens with zero attached hydrogens (tertiary/aromatic N) is 4. The van der Waals surface area contributed by atoms with Gasteiger partial charge >= 0.3 is 0 Å². The summed E-state index contributed by atoms with van der Waals surface area (Å²) in [6.07, 6.45) is -0.0231. The molecule has 23 heavy (non-hydrogen) atoms. The molecule has 0 saturated carbocycles. The normalized spacial score (nSPS) is 27.6. The van der Waals surface area contributed by atoms with E-state index in [1.165, 1.54) is 6.33 Å². The number of hydrogen-bond donors (Lipinski definition) is 3. The number of nitrogens with two attached hydrogens (primary N) is 1. The third kappa shape index (κ3) is 3.18. The summed E-state index contributed by atoms with van der Waals surface area (Å²) in [6, 6.07) is 0. The van der Waals surface area contributed by atoms with Crippen molar-refractivity contribution >= 4 is 51.3 Å². The third-order valence-corrected chi connectivity index (χ3v) is 5.07. The molecule has 2 unspecified atom stereocenters. The molecule has 4 atom stereocenters. The molecule has 10 heteroatoms. The van der Waals surface area contributed by atoms with Gasteiger partial charge in [0.1, 0.15) is 17.7 Å². The average Bonchev–Trinajstić information content (AvgIpc) is 3.04. The van der Waals surface area contributed by atoms with Crippen molar-refractivity contribution in [3.8, 4) is 0 Å². The first-order valence-electron chi connectivity index (χ1n) is 6.88. The maximum atomic E-state index is 10.3. The van der Waals surface area contributed by atoms with E-state index >= 15 is 0 Å². The number of imidazole rings is 1. The molecule has 1 saturated heterocycles. The fraction of sp³-hybridized carbons (Fsp3) is 0.462. The Labute approximate surface area is 150 Å². The lowest BCUT2D eigenvalue weighted by molar-refractivity contribution is -0.0289. The predicted molar refractivity (Wildman–Crippen MR) is 95.9 cm³/mol. The summed E-state index contributed by atoms with van der Waals surface area (Å²) in [7, 11) is 0. The molecule has 0 amide bonds. The summed E-state index contributed by atoms with van der Waals surface area (Å²) >= 11 is 3.54. The van der Waals surface area contributed by atoms with Gasteiger partial charge in [0.2, 0.25) is 0 Å². The number of anilines is 1. The van der Waals surface area contributed by atoms with Crippen LogP contribution in [0.5, 0.6) is 0 Å². The van der Waals surface area contributed by atoms with Crippen molar-refractivity contribution in [2.24, 2.45) is 0 Å². The van der Waals surface area contributed by atoms with E-state index in [0.717, 1.165) is 5.75 Å². The van der Waals surface area contributed by atoms with Crippen LogP contribution in [0, 0.1) is 3.83 Å². The number of fused-ring (bicyclic) bond motifs is 1. The van der Waals surface area contributed by atoms with Gasteiger partial charge in [-0.05, 0) is 0 Å². The Morgan fingerprint density at radius 1 is 1.43 bits per heavy atom. The van der Waals surface area contributed by atoms with E-state index in [1.807, 2.05) is 22.6 Å². The third-order valence-electron chi connectivity index (χ3n) is 3.55. The van der Waals surface area contributed by atoms with Gasteiger partial charge in [-0.15, -0.1) is 6.58 Å². The Hall–Kier alpha value is -0.950. The highest BCUT2D eigenvalue weighted by atomic mass is 127. The maximum absolute atomic E-state index is 10.3. The Kier molecular flexibility index (Phi) is 5.06. The largest absolute Gasteiger partial charge is 0.387 e. The minimum Gasteiger partial charge on any atom is -0.387 e. The van der Waals surface area contributed by atoms with Gasteiger partial charge in [0.15, 0.2) is 21.5 Å². The zero-order chi connectivity index (χ0) is 16.6. The predicted octanol–water partition coefficient (Wildman–Crippen LogP) is 0.551. The van der Waals surface area contributed by atoms with Crippen molar-refractivity contribution in [2.75, 3.05) is 17.2 Å². The number of ether oxygens (including phenoxy) is 1. The first-order valence-corrected chi connectivity index (χ1v) is 9.12. The van der Waals surface area contributed by atoms with Crippen LogP contribution in [0.25, 0.3) is 11.2 Å². The number of hydrogen-bond acceptors (Lipinski definition) is 8. The number of aliphatic hydroxyl groups excluding tert-OH is 2. The smallest absolute Gasteiger partial charge is 0.194 e. The number of aliphatic hydroxyl groups is 2. The first-order chi connectivity index (χ1) is 11.0. The zero-order valence-corrected chi connectivity index (χ0v) is 15.0. The van der Waals surface area contributed by atoms with E-state index in [9.17, 15) is 10.2 Å². The molecule has 1 aliphatic heterocycles. The molecule has 2 aromatic heterocycles. The topological polar surface area (TPSA) is 119 Å². The van der Waals surface area contributed by atoms with Crippen LogP contribution in [0.2, 0.25) is 0 Å². The molecule has 1 fully saturated rings. The van der Waals surface area contributed by atoms with Crippen LogP contribution >= 0.6 is 34.4 Å². The molecular formula is C13H16IN5O3S. The highest BCUT2D eigenvalue weighted by Crippen LogP contribution is 2.33. The molecule has 0 radical (unpaired) electrons. The summed E-state index contributed by atoms with van der Waals surface area (Å²) < 4.78 is 7.89. The fourth-order valence-corrected chi connectivity index (χ4v) is 3.76. The fourth-order valence-electron chi connectivity index (χ4n) is 2.46. The molecule has 0 bridgehead atoms.